The highest BCUT2D eigenvalue weighted by atomic mass is 32.1. The third-order valence-corrected chi connectivity index (χ3v) is 5.60. The second-order valence-corrected chi connectivity index (χ2v) is 8.21. The lowest BCUT2D eigenvalue weighted by Gasteiger charge is -2.51. The molecule has 3 nitrogen and oxygen atoms in total. The van der Waals surface area contributed by atoms with E-state index in [2.05, 4.69) is 44.9 Å². The molecule has 1 fully saturated rings. The van der Waals surface area contributed by atoms with Crippen LogP contribution in [0.2, 0.25) is 0 Å². The molecule has 1 saturated carbocycles. The molecule has 0 bridgehead atoms. The highest BCUT2D eigenvalue weighted by molar-refractivity contribution is 7.11. The van der Waals surface area contributed by atoms with E-state index in [4.69, 9.17) is 4.74 Å². The Labute approximate surface area is 120 Å². The van der Waals surface area contributed by atoms with Crippen molar-refractivity contribution in [2.45, 2.75) is 65.1 Å². The summed E-state index contributed by atoms with van der Waals surface area (Å²) < 4.78 is 5.48. The first-order chi connectivity index (χ1) is 8.75. The molecule has 0 amide bonds. The summed E-state index contributed by atoms with van der Waals surface area (Å²) in [7, 11) is 1.81. The summed E-state index contributed by atoms with van der Waals surface area (Å²) in [6.45, 7) is 12.1. The number of hydrogen-bond acceptors (Lipinski definition) is 4. The van der Waals surface area contributed by atoms with Crippen molar-refractivity contribution in [2.24, 2.45) is 5.41 Å². The Morgan fingerprint density at radius 3 is 2.63 bits per heavy atom. The van der Waals surface area contributed by atoms with Gasteiger partial charge in [-0.05, 0) is 6.42 Å². The molecule has 19 heavy (non-hydrogen) atoms. The van der Waals surface area contributed by atoms with Gasteiger partial charge in [0, 0.05) is 41.6 Å². The molecule has 0 aromatic carbocycles. The highest BCUT2D eigenvalue weighted by Crippen LogP contribution is 2.42. The van der Waals surface area contributed by atoms with Crippen molar-refractivity contribution in [1.82, 2.24) is 10.3 Å². The molecule has 1 aliphatic rings. The van der Waals surface area contributed by atoms with Gasteiger partial charge in [-0.15, -0.1) is 11.3 Å². The molecular weight excluding hydrogens is 256 g/mol. The van der Waals surface area contributed by atoms with Crippen molar-refractivity contribution in [2.75, 3.05) is 7.11 Å². The molecule has 1 N–H and O–H groups in total. The SMILES string of the molecule is COC1CC(NCc2cnc(C(C)(C)C)s2)C1(C)C. The lowest BCUT2D eigenvalue weighted by atomic mass is 9.64. The molecule has 0 aliphatic heterocycles. The number of methoxy groups -OCH3 is 1. The minimum atomic E-state index is 0.153. The van der Waals surface area contributed by atoms with Crippen LogP contribution in [0.5, 0.6) is 0 Å². The number of thiazole rings is 1. The maximum Gasteiger partial charge on any atom is 0.0981 e. The van der Waals surface area contributed by atoms with Gasteiger partial charge in [-0.3, -0.25) is 0 Å². The van der Waals surface area contributed by atoms with Crippen molar-refractivity contribution < 1.29 is 4.74 Å². The van der Waals surface area contributed by atoms with Crippen molar-refractivity contribution >= 4 is 11.3 Å². The monoisotopic (exact) mass is 282 g/mol. The first kappa shape index (κ1) is 14.9. The van der Waals surface area contributed by atoms with E-state index in [1.165, 1.54) is 9.88 Å². The number of hydrogen-bond donors (Lipinski definition) is 1. The summed E-state index contributed by atoms with van der Waals surface area (Å²) in [4.78, 5) is 5.85. The molecule has 108 valence electrons. The van der Waals surface area contributed by atoms with Crippen LogP contribution in [0.4, 0.5) is 0 Å². The predicted octanol–water partition coefficient (Wildman–Crippen LogP) is 3.34. The van der Waals surface area contributed by atoms with Gasteiger partial charge in [0.25, 0.3) is 0 Å². The van der Waals surface area contributed by atoms with Gasteiger partial charge in [0.1, 0.15) is 0 Å². The fraction of sp³-hybridized carbons (Fsp3) is 0.800. The van der Waals surface area contributed by atoms with Crippen molar-refractivity contribution in [3.63, 3.8) is 0 Å². The summed E-state index contributed by atoms with van der Waals surface area (Å²) in [5.41, 5.74) is 0.381. The highest BCUT2D eigenvalue weighted by Gasteiger charge is 2.48. The summed E-state index contributed by atoms with van der Waals surface area (Å²) >= 11 is 1.82. The van der Waals surface area contributed by atoms with Crippen LogP contribution in [-0.2, 0) is 16.7 Å². The molecule has 2 atom stereocenters. The van der Waals surface area contributed by atoms with Gasteiger partial charge < -0.3 is 10.1 Å². The van der Waals surface area contributed by atoms with Crippen LogP contribution in [0.25, 0.3) is 0 Å². The Hall–Kier alpha value is -0.450. The topological polar surface area (TPSA) is 34.1 Å². The normalized spacial score (nSPS) is 26.2. The van der Waals surface area contributed by atoms with Crippen molar-refractivity contribution in [3.8, 4) is 0 Å². The van der Waals surface area contributed by atoms with Crippen LogP contribution < -0.4 is 5.32 Å². The Morgan fingerprint density at radius 2 is 2.16 bits per heavy atom. The minimum absolute atomic E-state index is 0.153. The number of aromatic nitrogens is 1. The lowest BCUT2D eigenvalue weighted by molar-refractivity contribution is -0.0978. The number of nitrogens with zero attached hydrogens (tertiary/aromatic N) is 1. The molecule has 2 rings (SSSR count). The number of nitrogens with one attached hydrogen (secondary N) is 1. The van der Waals surface area contributed by atoms with Gasteiger partial charge in [-0.25, -0.2) is 4.98 Å². The van der Waals surface area contributed by atoms with E-state index in [0.717, 1.165) is 13.0 Å². The Bertz CT molecular complexity index is 434. The zero-order valence-corrected chi connectivity index (χ0v) is 13.7. The molecular formula is C15H26N2OS. The van der Waals surface area contributed by atoms with Gasteiger partial charge in [0.2, 0.25) is 0 Å². The van der Waals surface area contributed by atoms with E-state index in [0.29, 0.717) is 12.1 Å². The smallest absolute Gasteiger partial charge is 0.0981 e. The van der Waals surface area contributed by atoms with E-state index in [1.54, 1.807) is 7.11 Å². The van der Waals surface area contributed by atoms with E-state index >= 15 is 0 Å². The molecule has 1 aromatic heterocycles. The van der Waals surface area contributed by atoms with Crippen molar-refractivity contribution in [3.05, 3.63) is 16.1 Å². The summed E-state index contributed by atoms with van der Waals surface area (Å²) in [5.74, 6) is 0. The van der Waals surface area contributed by atoms with Crippen molar-refractivity contribution in [1.29, 1.82) is 0 Å². The van der Waals surface area contributed by atoms with E-state index in [1.807, 2.05) is 17.5 Å². The van der Waals surface area contributed by atoms with Crippen LogP contribution in [0, 0.1) is 5.41 Å². The van der Waals surface area contributed by atoms with Crippen LogP contribution in [0.15, 0.2) is 6.20 Å². The molecule has 0 spiro atoms. The van der Waals surface area contributed by atoms with Gasteiger partial charge in [-0.1, -0.05) is 34.6 Å². The molecule has 4 heteroatoms. The maximum absolute atomic E-state index is 5.48. The van der Waals surface area contributed by atoms with E-state index in [9.17, 15) is 0 Å². The van der Waals surface area contributed by atoms with Crippen LogP contribution in [0.3, 0.4) is 0 Å². The molecule has 2 unspecified atom stereocenters. The third-order valence-electron chi connectivity index (χ3n) is 4.18. The molecule has 1 aromatic rings. The second-order valence-electron chi connectivity index (χ2n) is 7.10. The zero-order chi connectivity index (χ0) is 14.3. The number of ether oxygens (including phenoxy) is 1. The summed E-state index contributed by atoms with van der Waals surface area (Å²) in [6.07, 6.45) is 3.50. The Balaban J connectivity index is 1.89. The molecule has 0 radical (unpaired) electrons. The summed E-state index contributed by atoms with van der Waals surface area (Å²) in [5, 5.41) is 4.86. The van der Waals surface area contributed by atoms with Crippen LogP contribution in [0.1, 0.15) is 50.9 Å². The standard InChI is InChI=1S/C15H26N2OS/c1-14(2,3)13-17-9-10(19-13)8-16-11-7-12(18-6)15(11,4)5/h9,11-12,16H,7-8H2,1-6H3. The Kier molecular flexibility index (Phi) is 4.05. The predicted molar refractivity (Wildman–Crippen MR) is 80.6 cm³/mol. The average Bonchev–Trinajstić information content (AvgIpc) is 2.76. The third kappa shape index (κ3) is 3.01. The first-order valence-electron chi connectivity index (χ1n) is 6.96. The van der Waals surface area contributed by atoms with E-state index in [-0.39, 0.29) is 10.8 Å². The fourth-order valence-electron chi connectivity index (χ4n) is 2.59. The van der Waals surface area contributed by atoms with E-state index < -0.39 is 0 Å². The lowest BCUT2D eigenvalue weighted by Crippen LogP contribution is -2.60. The maximum atomic E-state index is 5.48. The number of rotatable bonds is 4. The van der Waals surface area contributed by atoms with Gasteiger partial charge >= 0.3 is 0 Å². The second kappa shape index (κ2) is 5.15. The quantitative estimate of drug-likeness (QED) is 0.919. The van der Waals surface area contributed by atoms with Crippen LogP contribution >= 0.6 is 11.3 Å². The Morgan fingerprint density at radius 1 is 1.47 bits per heavy atom. The minimum Gasteiger partial charge on any atom is -0.381 e. The van der Waals surface area contributed by atoms with Gasteiger partial charge in [0.15, 0.2) is 0 Å². The molecule has 1 aliphatic carbocycles. The largest absolute Gasteiger partial charge is 0.381 e. The molecule has 0 saturated heterocycles. The van der Waals surface area contributed by atoms with Gasteiger partial charge in [-0.2, -0.15) is 0 Å². The van der Waals surface area contributed by atoms with Crippen LogP contribution in [-0.4, -0.2) is 24.2 Å². The first-order valence-corrected chi connectivity index (χ1v) is 7.78. The zero-order valence-electron chi connectivity index (χ0n) is 12.9. The van der Waals surface area contributed by atoms with Gasteiger partial charge in [0.05, 0.1) is 11.1 Å². The summed E-state index contributed by atoms with van der Waals surface area (Å²) in [6, 6.07) is 0.539. The molecule has 1 heterocycles. The fourth-order valence-corrected chi connectivity index (χ4v) is 3.51. The average molecular weight is 282 g/mol.